The van der Waals surface area contributed by atoms with Gasteiger partial charge in [0.05, 0.1) is 0 Å². The third-order valence-corrected chi connectivity index (χ3v) is 3.20. The zero-order chi connectivity index (χ0) is 10.0. The maximum atomic E-state index is 10.9. The first-order valence-electron chi connectivity index (χ1n) is 4.25. The molecule has 70 valence electrons. The Balaban J connectivity index is 3.06. The van der Waals surface area contributed by atoms with E-state index in [1.54, 1.807) is 6.92 Å². The lowest BCUT2D eigenvalue weighted by atomic mass is 10.0. The second-order valence-electron chi connectivity index (χ2n) is 3.42. The highest BCUT2D eigenvalue weighted by Gasteiger charge is 2.03. The van der Waals surface area contributed by atoms with Crippen LogP contribution in [0.25, 0.3) is 0 Å². The summed E-state index contributed by atoms with van der Waals surface area (Å²) in [5, 5.41) is 0. The molecule has 1 aromatic rings. The third-order valence-electron chi connectivity index (χ3n) is 1.95. The fourth-order valence-electron chi connectivity index (χ4n) is 1.43. The van der Waals surface area contributed by atoms with Crippen LogP contribution in [0, 0.1) is 13.8 Å². The maximum absolute atomic E-state index is 10.9. The van der Waals surface area contributed by atoms with Crippen molar-refractivity contribution in [3.8, 4) is 0 Å². The van der Waals surface area contributed by atoms with Crippen molar-refractivity contribution in [2.45, 2.75) is 27.2 Å². The van der Waals surface area contributed by atoms with Crippen LogP contribution in [0.4, 0.5) is 0 Å². The Morgan fingerprint density at radius 1 is 1.31 bits per heavy atom. The number of rotatable bonds is 2. The van der Waals surface area contributed by atoms with Gasteiger partial charge in [-0.2, -0.15) is 0 Å². The van der Waals surface area contributed by atoms with Gasteiger partial charge >= 0.3 is 0 Å². The average molecular weight is 241 g/mol. The number of ketones is 1. The molecule has 0 bridgehead atoms. The predicted octanol–water partition coefficient (Wildman–Crippen LogP) is 3.20. The minimum atomic E-state index is 0.209. The molecule has 1 aromatic carbocycles. The van der Waals surface area contributed by atoms with E-state index in [2.05, 4.69) is 28.1 Å². The van der Waals surface area contributed by atoms with Crippen LogP contribution in [0.5, 0.6) is 0 Å². The van der Waals surface area contributed by atoms with E-state index >= 15 is 0 Å². The van der Waals surface area contributed by atoms with Crippen molar-refractivity contribution >= 4 is 21.7 Å². The van der Waals surface area contributed by atoms with Crippen LogP contribution in [0.2, 0.25) is 0 Å². The third kappa shape index (κ3) is 2.66. The van der Waals surface area contributed by atoms with E-state index in [9.17, 15) is 4.79 Å². The minimum Gasteiger partial charge on any atom is -0.300 e. The predicted molar refractivity (Wildman–Crippen MR) is 58.0 cm³/mol. The summed E-state index contributed by atoms with van der Waals surface area (Å²) in [6.07, 6.45) is 0.537. The van der Waals surface area contributed by atoms with E-state index in [1.165, 1.54) is 11.1 Å². The molecule has 0 fully saturated rings. The number of benzene rings is 1. The quantitative estimate of drug-likeness (QED) is 0.777. The molecule has 0 aliphatic rings. The van der Waals surface area contributed by atoms with Crippen LogP contribution < -0.4 is 0 Å². The summed E-state index contributed by atoms with van der Waals surface area (Å²) in [4.78, 5) is 10.9. The summed E-state index contributed by atoms with van der Waals surface area (Å²) in [5.41, 5.74) is 3.48. The van der Waals surface area contributed by atoms with Crippen LogP contribution in [0.1, 0.15) is 23.6 Å². The molecule has 1 nitrogen and oxygen atoms in total. The molecule has 0 radical (unpaired) electrons. The number of carbonyl (C=O) groups excluding carboxylic acids is 1. The number of hydrogen-bond acceptors (Lipinski definition) is 1. The van der Waals surface area contributed by atoms with Gasteiger partial charge in [-0.25, -0.2) is 0 Å². The number of Topliss-reactive ketones (excluding diaryl/α,β-unsaturated/α-hetero) is 1. The van der Waals surface area contributed by atoms with Gasteiger partial charge in [-0.15, -0.1) is 0 Å². The standard InChI is InChI=1S/C11H13BrO/c1-7-4-10(6-9(3)13)5-8(2)11(7)12/h4-5H,6H2,1-3H3. The highest BCUT2D eigenvalue weighted by atomic mass is 79.9. The van der Waals surface area contributed by atoms with Crippen LogP contribution >= 0.6 is 15.9 Å². The molecule has 0 atom stereocenters. The molecular weight excluding hydrogens is 228 g/mol. The van der Waals surface area contributed by atoms with Crippen LogP contribution in [0.3, 0.4) is 0 Å². The number of carbonyl (C=O) groups is 1. The zero-order valence-corrected chi connectivity index (χ0v) is 9.73. The molecule has 2 heteroatoms. The van der Waals surface area contributed by atoms with Gasteiger partial charge in [0.25, 0.3) is 0 Å². The van der Waals surface area contributed by atoms with E-state index in [-0.39, 0.29) is 5.78 Å². The van der Waals surface area contributed by atoms with E-state index in [0.717, 1.165) is 10.0 Å². The summed E-state index contributed by atoms with van der Waals surface area (Å²) in [5.74, 6) is 0.209. The first-order valence-corrected chi connectivity index (χ1v) is 5.05. The molecule has 13 heavy (non-hydrogen) atoms. The number of aryl methyl sites for hydroxylation is 2. The zero-order valence-electron chi connectivity index (χ0n) is 8.15. The smallest absolute Gasteiger partial charge is 0.134 e. The molecule has 0 spiro atoms. The van der Waals surface area contributed by atoms with Crippen LogP contribution in [-0.2, 0) is 11.2 Å². The Morgan fingerprint density at radius 3 is 2.15 bits per heavy atom. The Bertz CT molecular complexity index is 319. The molecular formula is C11H13BrO. The van der Waals surface area contributed by atoms with Crippen molar-refractivity contribution in [3.63, 3.8) is 0 Å². The second-order valence-corrected chi connectivity index (χ2v) is 4.22. The summed E-state index contributed by atoms with van der Waals surface area (Å²) in [6, 6.07) is 4.11. The van der Waals surface area contributed by atoms with E-state index < -0.39 is 0 Å². The molecule has 0 aromatic heterocycles. The first kappa shape index (κ1) is 10.5. The fourth-order valence-corrected chi connectivity index (χ4v) is 1.65. The molecule has 1 rings (SSSR count). The van der Waals surface area contributed by atoms with Gasteiger partial charge in [-0.3, -0.25) is 4.79 Å². The Morgan fingerprint density at radius 2 is 1.77 bits per heavy atom. The summed E-state index contributed by atoms with van der Waals surface area (Å²) in [6.45, 7) is 5.70. The average Bonchev–Trinajstić information content (AvgIpc) is 1.98. The van der Waals surface area contributed by atoms with Crippen molar-refractivity contribution < 1.29 is 4.79 Å². The van der Waals surface area contributed by atoms with Crippen molar-refractivity contribution in [1.82, 2.24) is 0 Å². The molecule has 0 heterocycles. The highest BCUT2D eigenvalue weighted by Crippen LogP contribution is 2.22. The van der Waals surface area contributed by atoms with Crippen molar-refractivity contribution in [1.29, 1.82) is 0 Å². The normalized spacial score (nSPS) is 10.2. The van der Waals surface area contributed by atoms with Crippen LogP contribution in [-0.4, -0.2) is 5.78 Å². The van der Waals surface area contributed by atoms with E-state index in [1.807, 2.05) is 13.8 Å². The maximum Gasteiger partial charge on any atom is 0.134 e. The topological polar surface area (TPSA) is 17.1 Å². The van der Waals surface area contributed by atoms with Gasteiger partial charge in [-0.1, -0.05) is 28.1 Å². The summed E-state index contributed by atoms with van der Waals surface area (Å²) in [7, 11) is 0. The van der Waals surface area contributed by atoms with Gasteiger partial charge in [0.1, 0.15) is 5.78 Å². The SMILES string of the molecule is CC(=O)Cc1cc(C)c(Br)c(C)c1. The van der Waals surface area contributed by atoms with Crippen molar-refractivity contribution in [2.75, 3.05) is 0 Å². The van der Waals surface area contributed by atoms with Gasteiger partial charge in [0.2, 0.25) is 0 Å². The minimum absolute atomic E-state index is 0.209. The molecule has 0 saturated carbocycles. The van der Waals surface area contributed by atoms with Gasteiger partial charge < -0.3 is 0 Å². The molecule has 0 unspecified atom stereocenters. The number of hydrogen-bond donors (Lipinski definition) is 0. The Hall–Kier alpha value is -0.630. The largest absolute Gasteiger partial charge is 0.300 e. The van der Waals surface area contributed by atoms with Gasteiger partial charge in [0.15, 0.2) is 0 Å². The first-order chi connectivity index (χ1) is 6.00. The van der Waals surface area contributed by atoms with E-state index in [4.69, 9.17) is 0 Å². The monoisotopic (exact) mass is 240 g/mol. The summed E-state index contributed by atoms with van der Waals surface area (Å²) < 4.78 is 1.14. The lowest BCUT2D eigenvalue weighted by molar-refractivity contribution is -0.116. The van der Waals surface area contributed by atoms with Crippen molar-refractivity contribution in [3.05, 3.63) is 33.3 Å². The Labute approximate surface area is 87.3 Å². The summed E-state index contributed by atoms with van der Waals surface area (Å²) >= 11 is 3.49. The molecule has 0 saturated heterocycles. The van der Waals surface area contributed by atoms with Gasteiger partial charge in [-0.05, 0) is 37.5 Å². The van der Waals surface area contributed by atoms with E-state index in [0.29, 0.717) is 6.42 Å². The van der Waals surface area contributed by atoms with Crippen LogP contribution in [0.15, 0.2) is 16.6 Å². The molecule has 0 aliphatic heterocycles. The molecule has 0 amide bonds. The number of halogens is 1. The molecule has 0 aliphatic carbocycles. The molecule has 0 N–H and O–H groups in total. The second kappa shape index (κ2) is 4.05. The highest BCUT2D eigenvalue weighted by molar-refractivity contribution is 9.10. The van der Waals surface area contributed by atoms with Gasteiger partial charge in [0, 0.05) is 10.9 Å². The lowest BCUT2D eigenvalue weighted by Crippen LogP contribution is -1.97. The Kier molecular flexibility index (Phi) is 3.26. The fraction of sp³-hybridized carbons (Fsp3) is 0.364. The van der Waals surface area contributed by atoms with Crippen molar-refractivity contribution in [2.24, 2.45) is 0 Å². The lowest BCUT2D eigenvalue weighted by Gasteiger charge is -2.06.